The number of nitrogens with one attached hydrogen (secondary N) is 1. The summed E-state index contributed by atoms with van der Waals surface area (Å²) in [5.41, 5.74) is 9.04. The molecule has 0 aliphatic rings. The summed E-state index contributed by atoms with van der Waals surface area (Å²) in [7, 11) is 3.24. The van der Waals surface area contributed by atoms with Crippen LogP contribution in [0.15, 0.2) is 53.1 Å². The molecule has 3 aromatic rings. The zero-order valence-electron chi connectivity index (χ0n) is 18.3. The highest BCUT2D eigenvalue weighted by molar-refractivity contribution is 5.86. The van der Waals surface area contributed by atoms with E-state index in [9.17, 15) is 4.79 Å². The van der Waals surface area contributed by atoms with Gasteiger partial charge in [0.25, 0.3) is 0 Å². The molecule has 1 amide bonds. The highest BCUT2D eigenvalue weighted by Crippen LogP contribution is 2.36. The molecule has 0 saturated heterocycles. The van der Waals surface area contributed by atoms with E-state index in [1.54, 1.807) is 14.2 Å². The van der Waals surface area contributed by atoms with Crippen molar-refractivity contribution in [3.05, 3.63) is 54.3 Å². The minimum Gasteiger partial charge on any atom is -0.497 e. The summed E-state index contributed by atoms with van der Waals surface area (Å²) in [5, 5.41) is 7.27. The van der Waals surface area contributed by atoms with Gasteiger partial charge in [-0.25, -0.2) is 0 Å². The van der Waals surface area contributed by atoms with Gasteiger partial charge in [-0.05, 0) is 62.2 Å². The molecular weight excluding hydrogens is 394 g/mol. The second-order valence-electron chi connectivity index (χ2n) is 7.64. The fourth-order valence-electron chi connectivity index (χ4n) is 3.53. The molecule has 0 radical (unpaired) electrons. The summed E-state index contributed by atoms with van der Waals surface area (Å²) < 4.78 is 16.2. The lowest BCUT2D eigenvalue weighted by atomic mass is 9.97. The van der Waals surface area contributed by atoms with Gasteiger partial charge in [0, 0.05) is 17.6 Å². The Kier molecular flexibility index (Phi) is 7.31. The van der Waals surface area contributed by atoms with Crippen LogP contribution in [0.3, 0.4) is 0 Å². The Labute approximate surface area is 182 Å². The molecule has 0 aliphatic carbocycles. The molecule has 0 aliphatic heterocycles. The number of hydrogen-bond donors (Lipinski definition) is 2. The monoisotopic (exact) mass is 423 g/mol. The number of carbonyl (C=O) groups excluding carboxylic acids is 1. The second kappa shape index (κ2) is 10.1. The number of methoxy groups -OCH3 is 2. The van der Waals surface area contributed by atoms with Crippen molar-refractivity contribution in [2.75, 3.05) is 14.2 Å². The van der Waals surface area contributed by atoms with Crippen molar-refractivity contribution in [2.24, 2.45) is 5.73 Å². The Morgan fingerprint density at radius 2 is 1.55 bits per heavy atom. The lowest BCUT2D eigenvalue weighted by Crippen LogP contribution is -2.37. The first kappa shape index (κ1) is 22.4. The third kappa shape index (κ3) is 5.64. The van der Waals surface area contributed by atoms with Crippen molar-refractivity contribution in [1.82, 2.24) is 10.5 Å². The molecule has 7 heteroatoms. The van der Waals surface area contributed by atoms with E-state index in [2.05, 4.69) is 10.5 Å². The van der Waals surface area contributed by atoms with Gasteiger partial charge in [-0.1, -0.05) is 17.3 Å². The second-order valence-corrected chi connectivity index (χ2v) is 7.64. The van der Waals surface area contributed by atoms with Crippen molar-refractivity contribution >= 4 is 5.91 Å². The zero-order chi connectivity index (χ0) is 22.4. The van der Waals surface area contributed by atoms with Gasteiger partial charge in [-0.15, -0.1) is 0 Å². The predicted octanol–water partition coefficient (Wildman–Crippen LogP) is 3.81. The van der Waals surface area contributed by atoms with E-state index in [4.69, 9.17) is 19.7 Å². The Balaban J connectivity index is 1.94. The highest BCUT2D eigenvalue weighted by atomic mass is 16.5. The van der Waals surface area contributed by atoms with Gasteiger partial charge in [-0.3, -0.25) is 4.79 Å². The van der Waals surface area contributed by atoms with Crippen LogP contribution in [0.25, 0.3) is 22.4 Å². The highest BCUT2D eigenvalue weighted by Gasteiger charge is 2.22. The van der Waals surface area contributed by atoms with E-state index in [0.29, 0.717) is 17.9 Å². The number of rotatable bonds is 9. The van der Waals surface area contributed by atoms with Crippen LogP contribution < -0.4 is 20.5 Å². The number of nitrogens with zero attached hydrogens (tertiary/aromatic N) is 1. The Morgan fingerprint density at radius 3 is 2.06 bits per heavy atom. The van der Waals surface area contributed by atoms with E-state index < -0.39 is 0 Å². The molecule has 164 valence electrons. The van der Waals surface area contributed by atoms with Crippen molar-refractivity contribution in [3.8, 4) is 33.9 Å². The third-order valence-electron chi connectivity index (χ3n) is 4.96. The van der Waals surface area contributed by atoms with E-state index in [1.165, 1.54) is 0 Å². The van der Waals surface area contributed by atoms with Crippen LogP contribution in [0.5, 0.6) is 11.5 Å². The van der Waals surface area contributed by atoms with Crippen molar-refractivity contribution in [3.63, 3.8) is 0 Å². The summed E-state index contributed by atoms with van der Waals surface area (Å²) in [5.74, 6) is 1.86. The summed E-state index contributed by atoms with van der Waals surface area (Å²) >= 11 is 0. The first-order valence-corrected chi connectivity index (χ1v) is 10.2. The Morgan fingerprint density at radius 1 is 1.00 bits per heavy atom. The number of nitrogens with two attached hydrogens (primary N) is 1. The van der Waals surface area contributed by atoms with Crippen LogP contribution in [0, 0.1) is 0 Å². The molecule has 0 bridgehead atoms. The van der Waals surface area contributed by atoms with Gasteiger partial charge < -0.3 is 25.0 Å². The minimum absolute atomic E-state index is 0.0112. The molecular formula is C24H29N3O4. The summed E-state index contributed by atoms with van der Waals surface area (Å²) in [6.07, 6.45) is 0.776. The van der Waals surface area contributed by atoms with E-state index in [-0.39, 0.29) is 24.4 Å². The first-order chi connectivity index (χ1) is 14.9. The number of ether oxygens (including phenoxy) is 2. The number of hydrogen-bond acceptors (Lipinski definition) is 6. The molecule has 2 aromatic carbocycles. The largest absolute Gasteiger partial charge is 0.497 e. The maximum Gasteiger partial charge on any atom is 0.227 e. The van der Waals surface area contributed by atoms with E-state index >= 15 is 0 Å². The van der Waals surface area contributed by atoms with Crippen LogP contribution in [-0.4, -0.2) is 37.4 Å². The van der Waals surface area contributed by atoms with Gasteiger partial charge in [0.05, 0.1) is 26.2 Å². The van der Waals surface area contributed by atoms with Crippen molar-refractivity contribution in [1.29, 1.82) is 0 Å². The smallest absolute Gasteiger partial charge is 0.227 e. The summed E-state index contributed by atoms with van der Waals surface area (Å²) in [6.45, 7) is 3.86. The molecule has 0 spiro atoms. The normalized spacial score (nSPS) is 12.8. The van der Waals surface area contributed by atoms with Crippen molar-refractivity contribution < 1.29 is 18.8 Å². The quantitative estimate of drug-likeness (QED) is 0.543. The zero-order valence-corrected chi connectivity index (χ0v) is 18.3. The first-order valence-electron chi connectivity index (χ1n) is 10.2. The predicted molar refractivity (Wildman–Crippen MR) is 120 cm³/mol. The molecule has 2 unspecified atom stereocenters. The van der Waals surface area contributed by atoms with Crippen LogP contribution in [-0.2, 0) is 11.2 Å². The standard InChI is InChI=1S/C24H29N3O4/c1-15(25)13-16(2)26-22(28)14-21-23(17-5-9-19(29-3)10-6-17)24(27-31-21)18-7-11-20(30-4)12-8-18/h5-12,15-16H,13-14,25H2,1-4H3,(H,26,28). The molecule has 31 heavy (non-hydrogen) atoms. The number of benzene rings is 2. The molecule has 3 rings (SSSR count). The fourth-order valence-corrected chi connectivity index (χ4v) is 3.53. The average Bonchev–Trinajstić information content (AvgIpc) is 3.16. The topological polar surface area (TPSA) is 99.6 Å². The minimum atomic E-state index is -0.139. The maximum atomic E-state index is 12.6. The van der Waals surface area contributed by atoms with Gasteiger partial charge in [0.2, 0.25) is 5.91 Å². The Bertz CT molecular complexity index is 995. The van der Waals surface area contributed by atoms with Crippen LogP contribution in [0.1, 0.15) is 26.0 Å². The molecule has 7 nitrogen and oxygen atoms in total. The van der Waals surface area contributed by atoms with Gasteiger partial charge in [0.15, 0.2) is 5.76 Å². The number of carbonyl (C=O) groups is 1. The van der Waals surface area contributed by atoms with Gasteiger partial charge >= 0.3 is 0 Å². The molecule has 1 heterocycles. The summed E-state index contributed by atoms with van der Waals surface area (Å²) in [4.78, 5) is 12.6. The molecule has 3 N–H and O–H groups in total. The van der Waals surface area contributed by atoms with E-state index in [0.717, 1.165) is 28.2 Å². The Hall–Kier alpha value is -3.32. The third-order valence-corrected chi connectivity index (χ3v) is 4.96. The number of aromatic nitrogens is 1. The SMILES string of the molecule is COc1ccc(-c2noc(CC(=O)NC(C)CC(C)N)c2-c2ccc(OC)cc2)cc1. The lowest BCUT2D eigenvalue weighted by molar-refractivity contribution is -0.121. The van der Waals surface area contributed by atoms with Crippen LogP contribution >= 0.6 is 0 Å². The molecule has 0 fully saturated rings. The molecule has 2 atom stereocenters. The van der Waals surface area contributed by atoms with Gasteiger partial charge in [-0.2, -0.15) is 0 Å². The molecule has 0 saturated carbocycles. The number of amides is 1. The summed E-state index contributed by atoms with van der Waals surface area (Å²) in [6, 6.07) is 15.1. The maximum absolute atomic E-state index is 12.6. The molecule has 1 aromatic heterocycles. The van der Waals surface area contributed by atoms with Gasteiger partial charge in [0.1, 0.15) is 17.2 Å². The van der Waals surface area contributed by atoms with Crippen molar-refractivity contribution in [2.45, 2.75) is 38.8 Å². The van der Waals surface area contributed by atoms with Crippen LogP contribution in [0.2, 0.25) is 0 Å². The van der Waals surface area contributed by atoms with E-state index in [1.807, 2.05) is 62.4 Å². The lowest BCUT2D eigenvalue weighted by Gasteiger charge is -2.15. The fraction of sp³-hybridized carbons (Fsp3) is 0.333. The average molecular weight is 424 g/mol. The van der Waals surface area contributed by atoms with Crippen LogP contribution in [0.4, 0.5) is 0 Å².